The summed E-state index contributed by atoms with van der Waals surface area (Å²) in [4.78, 5) is 12.1. The van der Waals surface area contributed by atoms with Crippen molar-refractivity contribution in [3.63, 3.8) is 0 Å². The van der Waals surface area contributed by atoms with Crippen molar-refractivity contribution in [2.24, 2.45) is 0 Å². The summed E-state index contributed by atoms with van der Waals surface area (Å²) >= 11 is 0. The van der Waals surface area contributed by atoms with E-state index in [1.54, 1.807) is 0 Å². The van der Waals surface area contributed by atoms with Gasteiger partial charge in [-0.2, -0.15) is 19.0 Å². The number of benzene rings is 1. The summed E-state index contributed by atoms with van der Waals surface area (Å²) in [5.41, 5.74) is 3.45. The van der Waals surface area contributed by atoms with Crippen LogP contribution in [0.4, 0.5) is 8.78 Å². The van der Waals surface area contributed by atoms with Crippen LogP contribution in [0, 0.1) is 13.8 Å². The first-order chi connectivity index (χ1) is 12.0. The van der Waals surface area contributed by atoms with Crippen molar-refractivity contribution in [1.82, 2.24) is 24.9 Å². The van der Waals surface area contributed by atoms with E-state index in [1.165, 1.54) is 6.07 Å². The lowest BCUT2D eigenvalue weighted by Gasteiger charge is -2.06. The minimum atomic E-state index is -2.77. The normalized spacial score (nSPS) is 11.1. The van der Waals surface area contributed by atoms with Crippen molar-refractivity contribution in [2.75, 3.05) is 0 Å². The first-order valence-electron chi connectivity index (χ1n) is 7.69. The molecule has 6 nitrogen and oxygen atoms in total. The van der Waals surface area contributed by atoms with Crippen LogP contribution in [0.2, 0.25) is 0 Å². The Labute approximate surface area is 143 Å². The van der Waals surface area contributed by atoms with Crippen molar-refractivity contribution < 1.29 is 13.6 Å². The van der Waals surface area contributed by atoms with Gasteiger partial charge in [0.2, 0.25) is 0 Å². The minimum Gasteiger partial charge on any atom is -0.346 e. The molecular weight excluding hydrogens is 328 g/mol. The number of nitrogens with one attached hydrogen (secondary N) is 1. The topological polar surface area (TPSA) is 64.7 Å². The molecular formula is C17H17F2N5O. The zero-order chi connectivity index (χ0) is 18.0. The maximum absolute atomic E-state index is 12.5. The Kier molecular flexibility index (Phi) is 4.60. The third-order valence-corrected chi connectivity index (χ3v) is 3.91. The second-order valence-electron chi connectivity index (χ2n) is 5.54. The van der Waals surface area contributed by atoms with Crippen molar-refractivity contribution in [2.45, 2.75) is 26.9 Å². The average molecular weight is 345 g/mol. The molecule has 1 amide bonds. The molecule has 0 fully saturated rings. The molecule has 25 heavy (non-hydrogen) atoms. The van der Waals surface area contributed by atoms with Crippen molar-refractivity contribution in [1.29, 1.82) is 0 Å². The second-order valence-corrected chi connectivity index (χ2v) is 5.54. The van der Waals surface area contributed by atoms with Gasteiger partial charge >= 0.3 is 6.55 Å². The fraction of sp³-hybridized carbons (Fsp3) is 0.235. The van der Waals surface area contributed by atoms with Gasteiger partial charge < -0.3 is 5.32 Å². The first kappa shape index (κ1) is 16.8. The lowest BCUT2D eigenvalue weighted by Crippen LogP contribution is -2.24. The van der Waals surface area contributed by atoms with Crippen LogP contribution < -0.4 is 5.32 Å². The van der Waals surface area contributed by atoms with Crippen LogP contribution in [0.5, 0.6) is 0 Å². The molecule has 8 heteroatoms. The molecule has 3 rings (SSSR count). The Morgan fingerprint density at radius 2 is 1.88 bits per heavy atom. The highest BCUT2D eigenvalue weighted by atomic mass is 19.3. The highest BCUT2D eigenvalue weighted by molar-refractivity contribution is 5.92. The van der Waals surface area contributed by atoms with E-state index in [1.807, 2.05) is 48.9 Å². The summed E-state index contributed by atoms with van der Waals surface area (Å²) in [6.07, 6.45) is 1.07. The van der Waals surface area contributed by atoms with E-state index in [9.17, 15) is 13.6 Å². The van der Waals surface area contributed by atoms with E-state index < -0.39 is 12.5 Å². The second kappa shape index (κ2) is 6.84. The summed E-state index contributed by atoms with van der Waals surface area (Å²) < 4.78 is 27.3. The lowest BCUT2D eigenvalue weighted by molar-refractivity contribution is 0.0560. The van der Waals surface area contributed by atoms with Gasteiger partial charge in [0.15, 0.2) is 0 Å². The molecule has 0 aliphatic rings. The number of aryl methyl sites for hydroxylation is 1. The predicted molar refractivity (Wildman–Crippen MR) is 87.7 cm³/mol. The van der Waals surface area contributed by atoms with Gasteiger partial charge in [-0.05, 0) is 32.0 Å². The van der Waals surface area contributed by atoms with Gasteiger partial charge in [-0.3, -0.25) is 4.79 Å². The Morgan fingerprint density at radius 3 is 2.52 bits per heavy atom. The van der Waals surface area contributed by atoms with E-state index in [0.29, 0.717) is 4.68 Å². The molecule has 2 aromatic heterocycles. The van der Waals surface area contributed by atoms with Crippen LogP contribution in [0.25, 0.3) is 5.69 Å². The van der Waals surface area contributed by atoms with Gasteiger partial charge in [-0.1, -0.05) is 18.2 Å². The zero-order valence-electron chi connectivity index (χ0n) is 13.8. The van der Waals surface area contributed by atoms with E-state index in [0.717, 1.165) is 28.8 Å². The number of halogens is 2. The van der Waals surface area contributed by atoms with Crippen LogP contribution in [0.15, 0.2) is 42.6 Å². The fourth-order valence-electron chi connectivity index (χ4n) is 2.58. The van der Waals surface area contributed by atoms with E-state index >= 15 is 0 Å². The van der Waals surface area contributed by atoms with E-state index in [-0.39, 0.29) is 12.2 Å². The zero-order valence-corrected chi connectivity index (χ0v) is 13.8. The SMILES string of the molecule is Cc1nn(-c2ccccc2)c(C)c1CNC(=O)c1ccn(C(F)F)n1. The van der Waals surface area contributed by atoms with Crippen molar-refractivity contribution in [3.8, 4) is 5.69 Å². The van der Waals surface area contributed by atoms with Gasteiger partial charge in [0.25, 0.3) is 5.91 Å². The summed E-state index contributed by atoms with van der Waals surface area (Å²) in [5, 5.41) is 10.8. The molecule has 0 atom stereocenters. The molecule has 2 heterocycles. The number of carbonyl (C=O) groups is 1. The summed E-state index contributed by atoms with van der Waals surface area (Å²) in [6, 6.07) is 10.9. The summed E-state index contributed by atoms with van der Waals surface area (Å²) in [6.45, 7) is 1.25. The Morgan fingerprint density at radius 1 is 1.16 bits per heavy atom. The molecule has 0 spiro atoms. The van der Waals surface area contributed by atoms with Gasteiger partial charge in [0.05, 0.1) is 11.4 Å². The molecule has 1 aromatic carbocycles. The fourth-order valence-corrected chi connectivity index (χ4v) is 2.58. The molecule has 0 aliphatic heterocycles. The maximum Gasteiger partial charge on any atom is 0.333 e. The molecule has 0 radical (unpaired) electrons. The number of aromatic nitrogens is 4. The highest BCUT2D eigenvalue weighted by Gasteiger charge is 2.16. The largest absolute Gasteiger partial charge is 0.346 e. The summed E-state index contributed by atoms with van der Waals surface area (Å²) in [7, 11) is 0. The molecule has 0 saturated heterocycles. The Hall–Kier alpha value is -3.03. The number of nitrogens with zero attached hydrogens (tertiary/aromatic N) is 4. The molecule has 130 valence electrons. The smallest absolute Gasteiger partial charge is 0.333 e. The monoisotopic (exact) mass is 345 g/mol. The number of hydrogen-bond acceptors (Lipinski definition) is 3. The minimum absolute atomic E-state index is 0.0499. The van der Waals surface area contributed by atoms with Crippen LogP contribution >= 0.6 is 0 Å². The number of carbonyl (C=O) groups excluding carboxylic acids is 1. The van der Waals surface area contributed by atoms with E-state index in [2.05, 4.69) is 15.5 Å². The molecule has 3 aromatic rings. The van der Waals surface area contributed by atoms with Gasteiger partial charge in [-0.15, -0.1) is 0 Å². The molecule has 0 aliphatic carbocycles. The third kappa shape index (κ3) is 3.42. The van der Waals surface area contributed by atoms with Gasteiger partial charge in [0.1, 0.15) is 5.69 Å². The predicted octanol–water partition coefficient (Wildman–Crippen LogP) is 3.01. The third-order valence-electron chi connectivity index (χ3n) is 3.91. The van der Waals surface area contributed by atoms with Crippen LogP contribution in [0.1, 0.15) is 34.0 Å². The number of para-hydroxylation sites is 1. The van der Waals surface area contributed by atoms with Crippen molar-refractivity contribution in [3.05, 3.63) is 65.2 Å². The molecule has 0 bridgehead atoms. The van der Waals surface area contributed by atoms with Crippen LogP contribution in [-0.4, -0.2) is 25.5 Å². The number of alkyl halides is 2. The Bertz CT molecular complexity index is 886. The Balaban J connectivity index is 1.75. The number of hydrogen-bond donors (Lipinski definition) is 1. The average Bonchev–Trinajstić information content (AvgIpc) is 3.20. The van der Waals surface area contributed by atoms with Crippen LogP contribution in [0.3, 0.4) is 0 Å². The molecule has 0 unspecified atom stereocenters. The first-order valence-corrected chi connectivity index (χ1v) is 7.69. The lowest BCUT2D eigenvalue weighted by atomic mass is 10.2. The maximum atomic E-state index is 12.5. The standard InChI is InChI=1S/C17H17F2N5O/c1-11-14(12(2)24(21-11)13-6-4-3-5-7-13)10-20-16(25)15-8-9-23(22-15)17(18)19/h3-9,17H,10H2,1-2H3,(H,20,25). The summed E-state index contributed by atoms with van der Waals surface area (Å²) in [5.74, 6) is -0.509. The number of amides is 1. The quantitative estimate of drug-likeness (QED) is 0.773. The van der Waals surface area contributed by atoms with Crippen molar-refractivity contribution >= 4 is 5.91 Å². The molecule has 1 N–H and O–H groups in total. The molecule has 0 saturated carbocycles. The van der Waals surface area contributed by atoms with Gasteiger partial charge in [0, 0.05) is 24.0 Å². The van der Waals surface area contributed by atoms with Gasteiger partial charge in [-0.25, -0.2) is 9.36 Å². The van der Waals surface area contributed by atoms with E-state index in [4.69, 9.17) is 0 Å². The highest BCUT2D eigenvalue weighted by Crippen LogP contribution is 2.18. The number of rotatable bonds is 5. The van der Waals surface area contributed by atoms with Crippen LogP contribution in [-0.2, 0) is 6.54 Å².